The average molecular weight is 349 g/mol. The molecule has 1 aliphatic rings. The van der Waals surface area contributed by atoms with Crippen molar-refractivity contribution in [2.75, 3.05) is 25.5 Å². The van der Waals surface area contributed by atoms with E-state index in [0.717, 1.165) is 42.9 Å². The van der Waals surface area contributed by atoms with E-state index in [1.165, 1.54) is 11.1 Å². The van der Waals surface area contributed by atoms with Gasteiger partial charge in [0.25, 0.3) is 0 Å². The number of carbonyl (C=O) groups is 1. The highest BCUT2D eigenvalue weighted by Crippen LogP contribution is 2.31. The van der Waals surface area contributed by atoms with Gasteiger partial charge in [0.05, 0.1) is 7.11 Å². The first-order valence-corrected chi connectivity index (χ1v) is 9.00. The fraction of sp³-hybridized carbons (Fsp3) is 0.286. The lowest BCUT2D eigenvalue weighted by molar-refractivity contribution is 0.194. The number of rotatable bonds is 3. The van der Waals surface area contributed by atoms with Crippen molar-refractivity contribution >= 4 is 22.6 Å². The van der Waals surface area contributed by atoms with Crippen molar-refractivity contribution in [3.63, 3.8) is 0 Å². The Morgan fingerprint density at radius 3 is 2.62 bits per heavy atom. The summed E-state index contributed by atoms with van der Waals surface area (Å²) in [5, 5.41) is 4.14. The van der Waals surface area contributed by atoms with Crippen LogP contribution in [-0.2, 0) is 0 Å². The highest BCUT2D eigenvalue weighted by Gasteiger charge is 2.25. The quantitative estimate of drug-likeness (QED) is 0.727. The summed E-state index contributed by atoms with van der Waals surface area (Å²) in [6, 6.07) is 17.9. The molecule has 3 aromatic rings. The van der Waals surface area contributed by atoms with Gasteiger partial charge in [-0.15, -0.1) is 0 Å². The monoisotopic (exact) mass is 349 g/mol. The average Bonchev–Trinajstić information content (AvgIpc) is 3.12. The number of amides is 2. The zero-order valence-corrected chi connectivity index (χ0v) is 14.9. The van der Waals surface area contributed by atoms with E-state index < -0.39 is 0 Å². The van der Waals surface area contributed by atoms with Gasteiger partial charge in [-0.25, -0.2) is 4.79 Å². The van der Waals surface area contributed by atoms with Crippen molar-refractivity contribution in [1.29, 1.82) is 0 Å². The molecule has 134 valence electrons. The first-order valence-electron chi connectivity index (χ1n) is 9.00. The molecule has 1 aromatic heterocycles. The molecule has 1 aliphatic heterocycles. The van der Waals surface area contributed by atoms with Crippen LogP contribution in [-0.4, -0.2) is 36.1 Å². The Balaban J connectivity index is 1.39. The topological polar surface area (TPSA) is 57.4 Å². The highest BCUT2D eigenvalue weighted by molar-refractivity contribution is 5.89. The molecule has 2 aromatic carbocycles. The Kier molecular flexibility index (Phi) is 4.52. The summed E-state index contributed by atoms with van der Waals surface area (Å²) in [7, 11) is 1.69. The van der Waals surface area contributed by atoms with Crippen molar-refractivity contribution in [3.8, 4) is 5.75 Å². The van der Waals surface area contributed by atoms with Crippen LogP contribution in [0.3, 0.4) is 0 Å². The fourth-order valence-electron chi connectivity index (χ4n) is 3.60. The molecule has 0 aliphatic carbocycles. The summed E-state index contributed by atoms with van der Waals surface area (Å²) < 4.78 is 5.30. The SMILES string of the molecule is COc1ccc2[nH]c(C3CCN(C(=O)Nc4ccccc4)CC3)cc2c1. The minimum absolute atomic E-state index is 0.0176. The van der Waals surface area contributed by atoms with Gasteiger partial charge in [0.2, 0.25) is 0 Å². The number of nitrogens with one attached hydrogen (secondary N) is 2. The summed E-state index contributed by atoms with van der Waals surface area (Å²) in [4.78, 5) is 17.8. The summed E-state index contributed by atoms with van der Waals surface area (Å²) >= 11 is 0. The molecule has 26 heavy (non-hydrogen) atoms. The fourth-order valence-corrected chi connectivity index (χ4v) is 3.60. The number of hydrogen-bond acceptors (Lipinski definition) is 2. The van der Waals surface area contributed by atoms with Crippen molar-refractivity contribution in [3.05, 3.63) is 60.3 Å². The predicted octanol–water partition coefficient (Wildman–Crippen LogP) is 4.59. The van der Waals surface area contributed by atoms with Crippen LogP contribution >= 0.6 is 0 Å². The minimum atomic E-state index is -0.0176. The van der Waals surface area contributed by atoms with Crippen LogP contribution in [0, 0.1) is 0 Å². The third-order valence-corrected chi connectivity index (χ3v) is 5.10. The van der Waals surface area contributed by atoms with Gasteiger partial charge in [-0.3, -0.25) is 0 Å². The van der Waals surface area contributed by atoms with Gasteiger partial charge in [-0.05, 0) is 49.2 Å². The molecule has 0 bridgehead atoms. The number of urea groups is 1. The molecule has 2 amide bonds. The number of benzene rings is 2. The van der Waals surface area contributed by atoms with E-state index >= 15 is 0 Å². The molecule has 1 saturated heterocycles. The minimum Gasteiger partial charge on any atom is -0.497 e. The van der Waals surface area contributed by atoms with Gasteiger partial charge in [-0.2, -0.15) is 0 Å². The van der Waals surface area contributed by atoms with Gasteiger partial charge >= 0.3 is 6.03 Å². The number of carbonyl (C=O) groups excluding carboxylic acids is 1. The Bertz CT molecular complexity index is 896. The molecule has 5 heteroatoms. The molecular weight excluding hydrogens is 326 g/mol. The van der Waals surface area contributed by atoms with Gasteiger partial charge < -0.3 is 19.9 Å². The third-order valence-electron chi connectivity index (χ3n) is 5.10. The maximum absolute atomic E-state index is 12.4. The number of likely N-dealkylation sites (tertiary alicyclic amines) is 1. The van der Waals surface area contributed by atoms with E-state index in [1.54, 1.807) is 7.11 Å². The first-order chi connectivity index (χ1) is 12.7. The molecule has 0 unspecified atom stereocenters. The zero-order valence-electron chi connectivity index (χ0n) is 14.9. The molecule has 5 nitrogen and oxygen atoms in total. The molecule has 0 spiro atoms. The van der Waals surface area contributed by atoms with Gasteiger partial charge in [0, 0.05) is 41.3 Å². The van der Waals surface area contributed by atoms with Gasteiger partial charge in [-0.1, -0.05) is 18.2 Å². The Morgan fingerprint density at radius 1 is 1.12 bits per heavy atom. The van der Waals surface area contributed by atoms with Gasteiger partial charge in [0.1, 0.15) is 5.75 Å². The molecule has 1 fully saturated rings. The third kappa shape index (κ3) is 3.38. The highest BCUT2D eigenvalue weighted by atomic mass is 16.5. The summed E-state index contributed by atoms with van der Waals surface area (Å²) in [6.45, 7) is 1.53. The van der Waals surface area contributed by atoms with Crippen LogP contribution in [0.15, 0.2) is 54.6 Å². The summed E-state index contributed by atoms with van der Waals surface area (Å²) in [5.74, 6) is 1.32. The second-order valence-corrected chi connectivity index (χ2v) is 6.74. The molecule has 2 heterocycles. The lowest BCUT2D eigenvalue weighted by Gasteiger charge is -2.31. The first kappa shape index (κ1) is 16.5. The number of hydrogen-bond donors (Lipinski definition) is 2. The number of ether oxygens (including phenoxy) is 1. The lowest BCUT2D eigenvalue weighted by atomic mass is 9.94. The molecular formula is C21H23N3O2. The number of aromatic amines is 1. The van der Waals surface area contributed by atoms with Crippen LogP contribution in [0.5, 0.6) is 5.75 Å². The lowest BCUT2D eigenvalue weighted by Crippen LogP contribution is -2.40. The van der Waals surface area contributed by atoms with E-state index in [4.69, 9.17) is 4.74 Å². The van der Waals surface area contributed by atoms with E-state index in [-0.39, 0.29) is 6.03 Å². The van der Waals surface area contributed by atoms with E-state index in [1.807, 2.05) is 41.3 Å². The van der Waals surface area contributed by atoms with Crippen LogP contribution in [0.4, 0.5) is 10.5 Å². The molecule has 0 atom stereocenters. The normalized spacial score (nSPS) is 15.2. The van der Waals surface area contributed by atoms with Crippen molar-refractivity contribution < 1.29 is 9.53 Å². The number of piperidine rings is 1. The van der Waals surface area contributed by atoms with Crippen LogP contribution in [0.2, 0.25) is 0 Å². The largest absolute Gasteiger partial charge is 0.497 e. The van der Waals surface area contributed by atoms with Crippen molar-refractivity contribution in [1.82, 2.24) is 9.88 Å². The molecule has 0 radical (unpaired) electrons. The van der Waals surface area contributed by atoms with Crippen LogP contribution < -0.4 is 10.1 Å². The van der Waals surface area contributed by atoms with E-state index in [2.05, 4.69) is 28.5 Å². The van der Waals surface area contributed by atoms with E-state index in [9.17, 15) is 4.79 Å². The standard InChI is InChI=1S/C21H23N3O2/c1-26-18-7-8-19-16(13-18)14-20(23-19)15-9-11-24(12-10-15)21(25)22-17-5-3-2-4-6-17/h2-8,13-15,23H,9-12H2,1H3,(H,22,25). The number of para-hydroxylation sites is 1. The molecule has 2 N–H and O–H groups in total. The van der Waals surface area contributed by atoms with Crippen LogP contribution in [0.25, 0.3) is 10.9 Å². The Hall–Kier alpha value is -2.95. The van der Waals surface area contributed by atoms with Crippen molar-refractivity contribution in [2.45, 2.75) is 18.8 Å². The molecule has 4 rings (SSSR count). The van der Waals surface area contributed by atoms with Gasteiger partial charge in [0.15, 0.2) is 0 Å². The maximum Gasteiger partial charge on any atom is 0.321 e. The zero-order chi connectivity index (χ0) is 17.9. The van der Waals surface area contributed by atoms with E-state index in [0.29, 0.717) is 5.92 Å². The predicted molar refractivity (Wildman–Crippen MR) is 104 cm³/mol. The number of fused-ring (bicyclic) bond motifs is 1. The second kappa shape index (κ2) is 7.12. The summed E-state index contributed by atoms with van der Waals surface area (Å²) in [5.41, 5.74) is 3.21. The maximum atomic E-state index is 12.4. The Labute approximate surface area is 153 Å². The smallest absolute Gasteiger partial charge is 0.321 e. The second-order valence-electron chi connectivity index (χ2n) is 6.74. The van der Waals surface area contributed by atoms with Crippen molar-refractivity contribution in [2.24, 2.45) is 0 Å². The number of H-pyrrole nitrogens is 1. The molecule has 0 saturated carbocycles. The number of anilines is 1. The number of aromatic nitrogens is 1. The Morgan fingerprint density at radius 2 is 1.88 bits per heavy atom. The van der Waals surface area contributed by atoms with Crippen LogP contribution in [0.1, 0.15) is 24.5 Å². The number of methoxy groups -OCH3 is 1. The number of nitrogens with zero attached hydrogens (tertiary/aromatic N) is 1. The summed E-state index contributed by atoms with van der Waals surface area (Å²) in [6.07, 6.45) is 1.93.